The topological polar surface area (TPSA) is 78.7 Å². The first-order chi connectivity index (χ1) is 9.56. The van der Waals surface area contributed by atoms with Crippen molar-refractivity contribution in [2.45, 2.75) is 6.54 Å². The smallest absolute Gasteiger partial charge is 0.312 e. The molecule has 3 N–H and O–H groups in total. The summed E-state index contributed by atoms with van der Waals surface area (Å²) in [4.78, 5) is 27.0. The molecule has 3 amide bonds. The molecule has 0 unspecified atom stereocenters. The minimum atomic E-state index is -0.553. The predicted octanol–water partition coefficient (Wildman–Crippen LogP) is 0.243. The maximum atomic E-state index is 12.3. The van der Waals surface area contributed by atoms with Crippen LogP contribution in [0.15, 0.2) is 24.3 Å². The second-order valence-electron chi connectivity index (χ2n) is 5.01. The molecule has 1 aromatic rings. The quantitative estimate of drug-likeness (QED) is 0.830. The molecule has 20 heavy (non-hydrogen) atoms. The molecule has 1 heterocycles. The van der Waals surface area contributed by atoms with Gasteiger partial charge in [0.1, 0.15) is 0 Å². The highest BCUT2D eigenvalue weighted by atomic mass is 16.2. The van der Waals surface area contributed by atoms with Gasteiger partial charge in [-0.05, 0) is 24.7 Å². The van der Waals surface area contributed by atoms with Crippen LogP contribution >= 0.6 is 0 Å². The molecule has 1 saturated heterocycles. The zero-order valence-electron chi connectivity index (χ0n) is 11.6. The van der Waals surface area contributed by atoms with Crippen LogP contribution in [0.1, 0.15) is 15.9 Å². The molecular weight excluding hydrogens is 256 g/mol. The lowest BCUT2D eigenvalue weighted by Crippen LogP contribution is -2.47. The van der Waals surface area contributed by atoms with Crippen LogP contribution in [0.25, 0.3) is 0 Å². The van der Waals surface area contributed by atoms with Gasteiger partial charge in [0.25, 0.3) is 5.91 Å². The third-order valence-corrected chi connectivity index (χ3v) is 3.46. The number of primary amides is 1. The summed E-state index contributed by atoms with van der Waals surface area (Å²) >= 11 is 0. The molecule has 0 aliphatic carbocycles. The molecule has 1 aliphatic heterocycles. The van der Waals surface area contributed by atoms with E-state index in [0.717, 1.165) is 31.7 Å². The van der Waals surface area contributed by atoms with Crippen molar-refractivity contribution in [1.82, 2.24) is 15.1 Å². The van der Waals surface area contributed by atoms with Crippen molar-refractivity contribution in [3.63, 3.8) is 0 Å². The summed E-state index contributed by atoms with van der Waals surface area (Å²) in [5.41, 5.74) is 6.61. The van der Waals surface area contributed by atoms with Crippen molar-refractivity contribution in [3.05, 3.63) is 35.4 Å². The van der Waals surface area contributed by atoms with E-state index >= 15 is 0 Å². The van der Waals surface area contributed by atoms with E-state index in [-0.39, 0.29) is 5.91 Å². The number of urea groups is 1. The monoisotopic (exact) mass is 276 g/mol. The van der Waals surface area contributed by atoms with Gasteiger partial charge in [-0.25, -0.2) is 4.79 Å². The Morgan fingerprint density at radius 1 is 1.15 bits per heavy atom. The molecular formula is C14H20N4O2. The molecule has 0 radical (unpaired) electrons. The highest BCUT2D eigenvalue weighted by molar-refractivity contribution is 5.94. The van der Waals surface area contributed by atoms with E-state index in [1.165, 1.54) is 0 Å². The fraction of sp³-hybridized carbons (Fsp3) is 0.429. The summed E-state index contributed by atoms with van der Waals surface area (Å²) in [6, 6.07) is 6.69. The van der Waals surface area contributed by atoms with E-state index in [4.69, 9.17) is 5.73 Å². The molecule has 2 rings (SSSR count). The van der Waals surface area contributed by atoms with Gasteiger partial charge in [0.05, 0.1) is 0 Å². The minimum absolute atomic E-state index is 0.0625. The molecule has 1 aromatic carbocycles. The number of nitrogens with two attached hydrogens (primary N) is 1. The first-order valence-electron chi connectivity index (χ1n) is 6.66. The molecule has 6 nitrogen and oxygen atoms in total. The van der Waals surface area contributed by atoms with Gasteiger partial charge < -0.3 is 20.9 Å². The second-order valence-corrected chi connectivity index (χ2v) is 5.01. The second kappa shape index (κ2) is 6.38. The Balaban J connectivity index is 1.95. The minimum Gasteiger partial charge on any atom is -0.352 e. The molecule has 1 aliphatic rings. The third kappa shape index (κ3) is 3.71. The van der Waals surface area contributed by atoms with Crippen molar-refractivity contribution in [3.8, 4) is 0 Å². The Bertz CT molecular complexity index is 478. The highest BCUT2D eigenvalue weighted by Crippen LogP contribution is 2.10. The van der Waals surface area contributed by atoms with Crippen molar-refractivity contribution < 1.29 is 9.59 Å². The van der Waals surface area contributed by atoms with Gasteiger partial charge in [-0.1, -0.05) is 12.1 Å². The number of hydrogen-bond acceptors (Lipinski definition) is 3. The van der Waals surface area contributed by atoms with E-state index in [1.54, 1.807) is 12.1 Å². The van der Waals surface area contributed by atoms with Crippen molar-refractivity contribution in [1.29, 1.82) is 0 Å². The van der Waals surface area contributed by atoms with E-state index in [0.29, 0.717) is 12.1 Å². The van der Waals surface area contributed by atoms with Crippen LogP contribution < -0.4 is 11.1 Å². The lowest BCUT2D eigenvalue weighted by atomic mass is 10.1. The third-order valence-electron chi connectivity index (χ3n) is 3.46. The first kappa shape index (κ1) is 14.3. The summed E-state index contributed by atoms with van der Waals surface area (Å²) in [6.07, 6.45) is 0. The van der Waals surface area contributed by atoms with Crippen LogP contribution in [-0.2, 0) is 6.54 Å². The van der Waals surface area contributed by atoms with Crippen molar-refractivity contribution >= 4 is 11.9 Å². The number of hydrogen-bond donors (Lipinski definition) is 2. The lowest BCUT2D eigenvalue weighted by molar-refractivity contribution is 0.0664. The predicted molar refractivity (Wildman–Crippen MR) is 76.3 cm³/mol. The average molecular weight is 276 g/mol. The van der Waals surface area contributed by atoms with Crippen LogP contribution in [0.5, 0.6) is 0 Å². The molecule has 0 aromatic heterocycles. The fourth-order valence-electron chi connectivity index (χ4n) is 2.15. The number of piperazine rings is 1. The number of nitrogens with zero attached hydrogens (tertiary/aromatic N) is 2. The van der Waals surface area contributed by atoms with Gasteiger partial charge in [-0.15, -0.1) is 0 Å². The van der Waals surface area contributed by atoms with Crippen molar-refractivity contribution in [2.75, 3.05) is 33.2 Å². The Kier molecular flexibility index (Phi) is 4.57. The van der Waals surface area contributed by atoms with Crippen LogP contribution in [0.3, 0.4) is 0 Å². The normalized spacial score (nSPS) is 15.9. The SMILES string of the molecule is CN1CCN(C(=O)c2ccc(CNC(N)=O)cc2)CC1. The zero-order chi connectivity index (χ0) is 14.5. The molecule has 0 saturated carbocycles. The maximum Gasteiger partial charge on any atom is 0.312 e. The number of amides is 3. The van der Waals surface area contributed by atoms with Crippen LogP contribution in [-0.4, -0.2) is 55.0 Å². The Labute approximate surface area is 118 Å². The number of likely N-dealkylation sites (N-methyl/N-ethyl adjacent to an activating group) is 1. The Morgan fingerprint density at radius 3 is 2.30 bits per heavy atom. The van der Waals surface area contributed by atoms with Crippen LogP contribution in [0.2, 0.25) is 0 Å². The number of benzene rings is 1. The molecule has 1 fully saturated rings. The molecule has 108 valence electrons. The number of carbonyl (C=O) groups excluding carboxylic acids is 2. The average Bonchev–Trinajstić information content (AvgIpc) is 2.46. The summed E-state index contributed by atoms with van der Waals surface area (Å²) in [6.45, 7) is 3.72. The van der Waals surface area contributed by atoms with Crippen LogP contribution in [0.4, 0.5) is 4.79 Å². The van der Waals surface area contributed by atoms with Gasteiger partial charge in [-0.2, -0.15) is 0 Å². The molecule has 0 spiro atoms. The number of rotatable bonds is 3. The van der Waals surface area contributed by atoms with Gasteiger partial charge in [0.2, 0.25) is 0 Å². The largest absolute Gasteiger partial charge is 0.352 e. The van der Waals surface area contributed by atoms with Gasteiger partial charge in [0.15, 0.2) is 0 Å². The summed E-state index contributed by atoms with van der Waals surface area (Å²) in [5.74, 6) is 0.0625. The molecule has 0 atom stereocenters. The van der Waals surface area contributed by atoms with E-state index in [9.17, 15) is 9.59 Å². The Morgan fingerprint density at radius 2 is 1.75 bits per heavy atom. The molecule has 0 bridgehead atoms. The van der Waals surface area contributed by atoms with E-state index in [1.807, 2.05) is 17.0 Å². The summed E-state index contributed by atoms with van der Waals surface area (Å²) < 4.78 is 0. The summed E-state index contributed by atoms with van der Waals surface area (Å²) in [5, 5.41) is 2.52. The molecule has 6 heteroatoms. The lowest BCUT2D eigenvalue weighted by Gasteiger charge is -2.32. The number of carbonyl (C=O) groups is 2. The zero-order valence-corrected chi connectivity index (χ0v) is 11.6. The fourth-order valence-corrected chi connectivity index (χ4v) is 2.15. The van der Waals surface area contributed by atoms with Crippen molar-refractivity contribution in [2.24, 2.45) is 5.73 Å². The Hall–Kier alpha value is -2.08. The first-order valence-corrected chi connectivity index (χ1v) is 6.66. The van der Waals surface area contributed by atoms with Gasteiger partial charge in [0, 0.05) is 38.3 Å². The summed E-state index contributed by atoms with van der Waals surface area (Å²) in [7, 11) is 2.06. The maximum absolute atomic E-state index is 12.3. The standard InChI is InChI=1S/C14H20N4O2/c1-17-6-8-18(9-7-17)13(19)12-4-2-11(3-5-12)10-16-14(15)20/h2-5H,6-10H2,1H3,(H3,15,16,20). The number of nitrogens with one attached hydrogen (secondary N) is 1. The highest BCUT2D eigenvalue weighted by Gasteiger charge is 2.19. The van der Waals surface area contributed by atoms with Gasteiger partial charge >= 0.3 is 6.03 Å². The van der Waals surface area contributed by atoms with Gasteiger partial charge in [-0.3, -0.25) is 4.79 Å². The van der Waals surface area contributed by atoms with E-state index in [2.05, 4.69) is 17.3 Å². The van der Waals surface area contributed by atoms with E-state index < -0.39 is 6.03 Å². The van der Waals surface area contributed by atoms with Crippen LogP contribution in [0, 0.1) is 0 Å².